The van der Waals surface area contributed by atoms with E-state index in [0.29, 0.717) is 38.1 Å². The van der Waals surface area contributed by atoms with Crippen LogP contribution in [0.1, 0.15) is 12.5 Å². The number of anilines is 1. The maximum atomic E-state index is 13.9. The van der Waals surface area contributed by atoms with Crippen molar-refractivity contribution in [2.45, 2.75) is 18.2 Å². The van der Waals surface area contributed by atoms with Crippen LogP contribution in [-0.2, 0) is 17.4 Å². The molecule has 0 bridgehead atoms. The quantitative estimate of drug-likeness (QED) is 0.248. The zero-order valence-electron chi connectivity index (χ0n) is 19.4. The van der Waals surface area contributed by atoms with Crippen LogP contribution in [0.25, 0.3) is 33.2 Å². The van der Waals surface area contributed by atoms with E-state index in [9.17, 15) is 8.60 Å². The smallest absolute Gasteiger partial charge is 0.181 e. The first-order chi connectivity index (χ1) is 17.5. The van der Waals surface area contributed by atoms with Gasteiger partial charge in [-0.05, 0) is 59.5 Å². The van der Waals surface area contributed by atoms with Crippen molar-refractivity contribution in [2.24, 2.45) is 0 Å². The number of methoxy groups -OCH3 is 1. The van der Waals surface area contributed by atoms with E-state index >= 15 is 0 Å². The van der Waals surface area contributed by atoms with E-state index in [1.54, 1.807) is 37.4 Å². The molecule has 9 heteroatoms. The molecule has 2 heterocycles. The van der Waals surface area contributed by atoms with E-state index in [2.05, 4.69) is 14.9 Å². The van der Waals surface area contributed by atoms with Crippen LogP contribution in [0.3, 0.4) is 0 Å². The molecular formula is C27H21ClFN3O3S. The summed E-state index contributed by atoms with van der Waals surface area (Å²) in [4.78, 5) is 5.16. The molecule has 36 heavy (non-hydrogen) atoms. The second kappa shape index (κ2) is 10.1. The normalized spacial score (nSPS) is 12.0. The SMILES string of the molecule is CCc1cnc2cc(S(=O)Nc3ccon3)ccc2c1-c1cc(Cl)c(-c2cccc(F)c2)cc1OC. The number of rotatable bonds is 7. The molecule has 0 spiro atoms. The number of fused-ring (bicyclic) bond motifs is 1. The Balaban J connectivity index is 1.64. The minimum atomic E-state index is -1.55. The fraction of sp³-hybridized carbons (Fsp3) is 0.111. The highest BCUT2D eigenvalue weighted by atomic mass is 35.5. The number of hydrogen-bond acceptors (Lipinski definition) is 5. The number of nitrogens with one attached hydrogen (secondary N) is 1. The number of nitrogens with zero attached hydrogens (tertiary/aromatic N) is 2. The summed E-state index contributed by atoms with van der Waals surface area (Å²) in [5, 5.41) is 5.08. The number of aromatic nitrogens is 2. The van der Waals surface area contributed by atoms with Crippen molar-refractivity contribution in [1.29, 1.82) is 0 Å². The van der Waals surface area contributed by atoms with E-state index < -0.39 is 11.0 Å². The van der Waals surface area contributed by atoms with Gasteiger partial charge in [-0.1, -0.05) is 41.9 Å². The maximum Gasteiger partial charge on any atom is 0.181 e. The zero-order valence-corrected chi connectivity index (χ0v) is 21.0. The summed E-state index contributed by atoms with van der Waals surface area (Å²) < 4.78 is 40.0. The third kappa shape index (κ3) is 4.57. The number of halogens is 2. The average molecular weight is 522 g/mol. The fourth-order valence-corrected chi connectivity index (χ4v) is 5.23. The first-order valence-corrected chi connectivity index (χ1v) is 12.7. The van der Waals surface area contributed by atoms with Gasteiger partial charge in [0.05, 0.1) is 17.5 Å². The fourth-order valence-electron chi connectivity index (χ4n) is 4.13. The highest BCUT2D eigenvalue weighted by Crippen LogP contribution is 2.43. The van der Waals surface area contributed by atoms with Crippen molar-refractivity contribution < 1.29 is 17.9 Å². The minimum Gasteiger partial charge on any atom is -0.496 e. The lowest BCUT2D eigenvalue weighted by Crippen LogP contribution is -2.05. The predicted octanol–water partition coefficient (Wildman–Crippen LogP) is 7.06. The molecule has 0 saturated carbocycles. The van der Waals surface area contributed by atoms with Crippen LogP contribution < -0.4 is 9.46 Å². The molecule has 2 aromatic heterocycles. The van der Waals surface area contributed by atoms with Crippen LogP contribution >= 0.6 is 11.6 Å². The Morgan fingerprint density at radius 2 is 1.97 bits per heavy atom. The molecule has 1 unspecified atom stereocenters. The topological polar surface area (TPSA) is 77.3 Å². The Morgan fingerprint density at radius 1 is 1.11 bits per heavy atom. The first kappa shape index (κ1) is 24.0. The molecule has 5 aromatic rings. The Labute approximate surface area is 214 Å². The van der Waals surface area contributed by atoms with Gasteiger partial charge >= 0.3 is 0 Å². The number of hydrogen-bond donors (Lipinski definition) is 1. The summed E-state index contributed by atoms with van der Waals surface area (Å²) in [6, 6.07) is 17.0. The summed E-state index contributed by atoms with van der Waals surface area (Å²) in [6.45, 7) is 2.05. The van der Waals surface area contributed by atoms with Crippen molar-refractivity contribution in [3.63, 3.8) is 0 Å². The largest absolute Gasteiger partial charge is 0.496 e. The molecule has 1 N–H and O–H groups in total. The molecule has 5 rings (SSSR count). The van der Waals surface area contributed by atoms with Gasteiger partial charge < -0.3 is 9.26 Å². The number of ether oxygens (including phenoxy) is 1. The van der Waals surface area contributed by atoms with Gasteiger partial charge in [-0.25, -0.2) is 8.60 Å². The molecule has 3 aromatic carbocycles. The molecule has 0 fully saturated rings. The first-order valence-electron chi connectivity index (χ1n) is 11.1. The Hall–Kier alpha value is -3.75. The van der Waals surface area contributed by atoms with Crippen molar-refractivity contribution in [1.82, 2.24) is 10.1 Å². The zero-order chi connectivity index (χ0) is 25.2. The second-order valence-electron chi connectivity index (χ2n) is 7.99. The monoisotopic (exact) mass is 521 g/mol. The van der Waals surface area contributed by atoms with Crippen molar-refractivity contribution in [2.75, 3.05) is 11.8 Å². The Kier molecular flexibility index (Phi) is 6.71. The lowest BCUT2D eigenvalue weighted by atomic mass is 9.92. The molecule has 0 aliphatic heterocycles. The summed E-state index contributed by atoms with van der Waals surface area (Å²) in [5.74, 6) is 0.633. The highest BCUT2D eigenvalue weighted by molar-refractivity contribution is 7.86. The van der Waals surface area contributed by atoms with Gasteiger partial charge in [0, 0.05) is 33.8 Å². The second-order valence-corrected chi connectivity index (χ2v) is 9.61. The summed E-state index contributed by atoms with van der Waals surface area (Å²) in [5.41, 5.74) is 4.72. The van der Waals surface area contributed by atoms with Gasteiger partial charge in [0.25, 0.3) is 0 Å². The predicted molar refractivity (Wildman–Crippen MR) is 140 cm³/mol. The lowest BCUT2D eigenvalue weighted by molar-refractivity contribution is 0.416. The van der Waals surface area contributed by atoms with Gasteiger partial charge in [0.1, 0.15) is 17.8 Å². The van der Waals surface area contributed by atoms with E-state index in [0.717, 1.165) is 28.5 Å². The number of aryl methyl sites for hydroxylation is 1. The number of pyridine rings is 1. The summed E-state index contributed by atoms with van der Waals surface area (Å²) in [6.07, 6.45) is 3.94. The number of benzene rings is 3. The Morgan fingerprint density at radius 3 is 2.69 bits per heavy atom. The molecule has 182 valence electrons. The van der Waals surface area contributed by atoms with Gasteiger partial charge in [0.2, 0.25) is 0 Å². The standard InChI is InChI=1S/C27H21ClFN3O3S/c1-3-16-15-30-24-12-19(36(33)32-26-9-10-35-31-26)7-8-20(24)27(16)22-13-23(28)21(14-25(22)34-2)17-5-4-6-18(29)11-17/h4-15H,3H2,1-2H3,(H,31,32). The van der Waals surface area contributed by atoms with Crippen LogP contribution in [0.5, 0.6) is 5.75 Å². The molecule has 0 radical (unpaired) electrons. The van der Waals surface area contributed by atoms with Crippen LogP contribution in [-0.4, -0.2) is 21.5 Å². The van der Waals surface area contributed by atoms with Crippen molar-refractivity contribution in [3.8, 4) is 28.0 Å². The lowest BCUT2D eigenvalue weighted by Gasteiger charge is -2.18. The van der Waals surface area contributed by atoms with Gasteiger partial charge in [-0.2, -0.15) is 0 Å². The third-order valence-corrected chi connectivity index (χ3v) is 7.23. The van der Waals surface area contributed by atoms with Crippen LogP contribution in [0.15, 0.2) is 82.5 Å². The molecule has 1 atom stereocenters. The van der Waals surface area contributed by atoms with E-state index in [4.69, 9.17) is 20.9 Å². The molecule has 0 saturated heterocycles. The molecule has 0 aliphatic carbocycles. The van der Waals surface area contributed by atoms with Crippen LogP contribution in [0, 0.1) is 5.82 Å². The van der Waals surface area contributed by atoms with E-state index in [1.165, 1.54) is 18.4 Å². The molecule has 0 amide bonds. The van der Waals surface area contributed by atoms with E-state index in [-0.39, 0.29) is 5.82 Å². The Bertz CT molecular complexity index is 1590. The molecule has 0 aliphatic rings. The highest BCUT2D eigenvalue weighted by Gasteiger charge is 2.19. The molecular weight excluding hydrogens is 501 g/mol. The van der Waals surface area contributed by atoms with Crippen LogP contribution in [0.2, 0.25) is 5.02 Å². The van der Waals surface area contributed by atoms with Gasteiger partial charge in [-0.3, -0.25) is 9.71 Å². The van der Waals surface area contributed by atoms with E-state index in [1.807, 2.05) is 31.3 Å². The van der Waals surface area contributed by atoms with Crippen molar-refractivity contribution >= 4 is 39.3 Å². The minimum absolute atomic E-state index is 0.341. The molecule has 6 nitrogen and oxygen atoms in total. The van der Waals surface area contributed by atoms with Gasteiger partial charge in [0.15, 0.2) is 16.8 Å². The summed E-state index contributed by atoms with van der Waals surface area (Å²) in [7, 11) is 0.0393. The van der Waals surface area contributed by atoms with Crippen molar-refractivity contribution in [3.05, 3.63) is 89.5 Å². The van der Waals surface area contributed by atoms with Gasteiger partial charge in [-0.15, -0.1) is 0 Å². The maximum absolute atomic E-state index is 13.9. The average Bonchev–Trinajstić information content (AvgIpc) is 3.40. The third-order valence-electron chi connectivity index (χ3n) is 5.84. The van der Waals surface area contributed by atoms with Crippen LogP contribution in [0.4, 0.5) is 10.2 Å². The summed E-state index contributed by atoms with van der Waals surface area (Å²) >= 11 is 6.72.